The quantitative estimate of drug-likeness (QED) is 0.348. The van der Waals surface area contributed by atoms with E-state index >= 15 is 0 Å². The minimum atomic E-state index is -0.441. The van der Waals surface area contributed by atoms with Crippen LogP contribution in [0.4, 0.5) is 0 Å². The summed E-state index contributed by atoms with van der Waals surface area (Å²) in [5, 5.41) is 11.8. The van der Waals surface area contributed by atoms with Crippen molar-refractivity contribution >= 4 is 11.9 Å². The smallest absolute Gasteiger partial charge is 0.308 e. The van der Waals surface area contributed by atoms with Gasteiger partial charge in [0, 0.05) is 6.42 Å². The lowest BCUT2D eigenvalue weighted by atomic mass is 9.43. The van der Waals surface area contributed by atoms with Crippen LogP contribution in [-0.4, -0.2) is 34.9 Å². The van der Waals surface area contributed by atoms with Crippen LogP contribution in [0.2, 0.25) is 0 Å². The second-order valence-corrected chi connectivity index (χ2v) is 15.2. The van der Waals surface area contributed by atoms with Crippen LogP contribution in [0.15, 0.2) is 0 Å². The van der Waals surface area contributed by atoms with E-state index in [0.29, 0.717) is 41.9 Å². The van der Waals surface area contributed by atoms with Crippen molar-refractivity contribution in [2.45, 2.75) is 144 Å². The van der Waals surface area contributed by atoms with Crippen molar-refractivity contribution in [2.75, 3.05) is 0 Å². The molecule has 4 fully saturated rings. The van der Waals surface area contributed by atoms with Gasteiger partial charge < -0.3 is 14.6 Å². The average molecular weight is 533 g/mol. The van der Waals surface area contributed by atoms with Crippen LogP contribution in [0.3, 0.4) is 0 Å². The molecule has 1 N–H and O–H groups in total. The van der Waals surface area contributed by atoms with Crippen LogP contribution in [0.1, 0.15) is 126 Å². The summed E-state index contributed by atoms with van der Waals surface area (Å²) in [6.07, 6.45) is 10.7. The molecule has 218 valence electrons. The van der Waals surface area contributed by atoms with Gasteiger partial charge in [0.2, 0.25) is 0 Å². The van der Waals surface area contributed by atoms with Gasteiger partial charge in [-0.25, -0.2) is 0 Å². The van der Waals surface area contributed by atoms with E-state index in [-0.39, 0.29) is 40.9 Å². The third kappa shape index (κ3) is 5.56. The zero-order valence-corrected chi connectivity index (χ0v) is 25.6. The number of carbonyl (C=O) groups is 2. The van der Waals surface area contributed by atoms with Gasteiger partial charge in [0.25, 0.3) is 0 Å². The van der Waals surface area contributed by atoms with Gasteiger partial charge in [-0.15, -0.1) is 0 Å². The maximum atomic E-state index is 12.5. The molecule has 0 radical (unpaired) electrons. The van der Waals surface area contributed by atoms with E-state index in [1.165, 1.54) is 19.3 Å². The summed E-state index contributed by atoms with van der Waals surface area (Å²) in [5.41, 5.74) is -0.283. The van der Waals surface area contributed by atoms with Crippen LogP contribution >= 0.6 is 0 Å². The molecule has 4 aliphatic rings. The normalized spacial score (nSPS) is 42.3. The number of hydrogen-bond donors (Lipinski definition) is 1. The Bertz CT molecular complexity index is 862. The van der Waals surface area contributed by atoms with E-state index in [1.54, 1.807) is 0 Å². The lowest BCUT2D eigenvalue weighted by molar-refractivity contribution is -0.183. The molecule has 0 aromatic heterocycles. The molecule has 0 bridgehead atoms. The topological polar surface area (TPSA) is 72.8 Å². The van der Waals surface area contributed by atoms with Crippen LogP contribution in [0, 0.1) is 52.3 Å². The number of aliphatic hydroxyl groups is 1. The first-order valence-electron chi connectivity index (χ1n) is 15.8. The van der Waals surface area contributed by atoms with E-state index in [0.717, 1.165) is 44.9 Å². The Kier molecular flexibility index (Phi) is 8.69. The zero-order chi connectivity index (χ0) is 28.0. The van der Waals surface area contributed by atoms with Crippen molar-refractivity contribution in [1.29, 1.82) is 0 Å². The molecule has 0 amide bonds. The predicted molar refractivity (Wildman–Crippen MR) is 150 cm³/mol. The van der Waals surface area contributed by atoms with E-state index in [4.69, 9.17) is 9.47 Å². The van der Waals surface area contributed by atoms with E-state index in [1.807, 2.05) is 34.6 Å². The SMILES string of the molecule is CCC(C)C(=O)O[C@H]1CC[C@@]2(C)C(CCC3C2C[C@H](O)[C@]2(C)C(C(C)CCC(=O)OC(C)(C)C)CCC32)C1. The van der Waals surface area contributed by atoms with Crippen LogP contribution in [0.25, 0.3) is 0 Å². The molecular weight excluding hydrogens is 476 g/mol. The summed E-state index contributed by atoms with van der Waals surface area (Å²) in [5.74, 6) is 3.05. The first kappa shape index (κ1) is 29.9. The number of rotatable bonds is 7. The summed E-state index contributed by atoms with van der Waals surface area (Å²) in [6, 6.07) is 0. The lowest BCUT2D eigenvalue weighted by Gasteiger charge is -2.62. The van der Waals surface area contributed by atoms with E-state index in [2.05, 4.69) is 20.8 Å². The Balaban J connectivity index is 1.42. The third-order valence-corrected chi connectivity index (χ3v) is 12.0. The Morgan fingerprint density at radius 3 is 2.37 bits per heavy atom. The van der Waals surface area contributed by atoms with Gasteiger partial charge in [-0.3, -0.25) is 9.59 Å². The highest BCUT2D eigenvalue weighted by molar-refractivity contribution is 5.72. The monoisotopic (exact) mass is 532 g/mol. The molecular formula is C33H56O5. The molecule has 0 saturated heterocycles. The summed E-state index contributed by atoms with van der Waals surface area (Å²) in [4.78, 5) is 24.9. The standard InChI is InChI=1S/C33H56O5/c1-9-20(2)30(36)37-23-16-17-32(7)22(18-23)11-12-24-26-14-13-25(33(26,8)28(34)19-27(24)32)21(3)10-15-29(35)38-31(4,5)6/h20-28,34H,9-19H2,1-8H3/t20?,21?,22?,23-,24?,25?,26?,27?,28-,32-,33+/m0/s1. The zero-order valence-electron chi connectivity index (χ0n) is 25.6. The highest BCUT2D eigenvalue weighted by Crippen LogP contribution is 2.68. The second kappa shape index (κ2) is 11.1. The third-order valence-electron chi connectivity index (χ3n) is 12.0. The first-order chi connectivity index (χ1) is 17.7. The van der Waals surface area contributed by atoms with E-state index in [9.17, 15) is 14.7 Å². The van der Waals surface area contributed by atoms with Crippen LogP contribution < -0.4 is 0 Å². The Labute approximate surface area is 232 Å². The molecule has 4 saturated carbocycles. The maximum Gasteiger partial charge on any atom is 0.308 e. The van der Waals surface area contributed by atoms with Gasteiger partial charge in [-0.05, 0) is 131 Å². The summed E-state index contributed by atoms with van der Waals surface area (Å²) < 4.78 is 11.5. The molecule has 0 aliphatic heterocycles. The van der Waals surface area contributed by atoms with Crippen molar-refractivity contribution < 1.29 is 24.2 Å². The molecule has 0 heterocycles. The minimum absolute atomic E-state index is 0.0212. The molecule has 11 atom stereocenters. The predicted octanol–water partition coefficient (Wildman–Crippen LogP) is 7.33. The molecule has 5 heteroatoms. The summed E-state index contributed by atoms with van der Waals surface area (Å²) >= 11 is 0. The number of esters is 2. The molecule has 7 unspecified atom stereocenters. The van der Waals surface area contributed by atoms with Gasteiger partial charge in [-0.2, -0.15) is 0 Å². The van der Waals surface area contributed by atoms with Gasteiger partial charge in [0.05, 0.1) is 12.0 Å². The lowest BCUT2D eigenvalue weighted by Crippen LogP contribution is -2.59. The Morgan fingerprint density at radius 1 is 1.00 bits per heavy atom. The molecule has 4 rings (SSSR count). The fraction of sp³-hybridized carbons (Fsp3) is 0.939. The highest BCUT2D eigenvalue weighted by Gasteiger charge is 2.63. The number of carbonyl (C=O) groups excluding carboxylic acids is 2. The molecule has 5 nitrogen and oxygen atoms in total. The molecule has 38 heavy (non-hydrogen) atoms. The maximum absolute atomic E-state index is 12.5. The minimum Gasteiger partial charge on any atom is -0.462 e. The highest BCUT2D eigenvalue weighted by atomic mass is 16.6. The van der Waals surface area contributed by atoms with Gasteiger partial charge in [0.15, 0.2) is 0 Å². The van der Waals surface area contributed by atoms with Crippen LogP contribution in [-0.2, 0) is 19.1 Å². The second-order valence-electron chi connectivity index (χ2n) is 15.2. The van der Waals surface area contributed by atoms with Crippen LogP contribution in [0.5, 0.6) is 0 Å². The molecule has 4 aliphatic carbocycles. The van der Waals surface area contributed by atoms with Gasteiger partial charge >= 0.3 is 11.9 Å². The molecule has 0 aromatic rings. The van der Waals surface area contributed by atoms with Gasteiger partial charge in [-0.1, -0.05) is 34.6 Å². The Morgan fingerprint density at radius 2 is 1.71 bits per heavy atom. The first-order valence-corrected chi connectivity index (χ1v) is 15.8. The average Bonchev–Trinajstić information content (AvgIpc) is 3.20. The van der Waals surface area contributed by atoms with Crippen molar-refractivity contribution in [1.82, 2.24) is 0 Å². The largest absolute Gasteiger partial charge is 0.462 e. The molecule has 0 spiro atoms. The van der Waals surface area contributed by atoms with Crippen molar-refractivity contribution in [3.8, 4) is 0 Å². The van der Waals surface area contributed by atoms with Crippen molar-refractivity contribution in [3.63, 3.8) is 0 Å². The molecule has 0 aromatic carbocycles. The fourth-order valence-corrected chi connectivity index (χ4v) is 9.64. The summed E-state index contributed by atoms with van der Waals surface area (Å²) in [6.45, 7) is 16.9. The summed E-state index contributed by atoms with van der Waals surface area (Å²) in [7, 11) is 0. The number of aliphatic hydroxyl groups excluding tert-OH is 1. The van der Waals surface area contributed by atoms with Crippen molar-refractivity contribution in [2.24, 2.45) is 52.3 Å². The van der Waals surface area contributed by atoms with Gasteiger partial charge in [0.1, 0.15) is 11.7 Å². The number of ether oxygens (including phenoxy) is 2. The Hall–Kier alpha value is -1.10. The van der Waals surface area contributed by atoms with Crippen molar-refractivity contribution in [3.05, 3.63) is 0 Å². The van der Waals surface area contributed by atoms with E-state index < -0.39 is 5.60 Å². The number of fused-ring (bicyclic) bond motifs is 5. The number of hydrogen-bond acceptors (Lipinski definition) is 5. The fourth-order valence-electron chi connectivity index (χ4n) is 9.64.